The van der Waals surface area contributed by atoms with E-state index in [1.807, 2.05) is 17.0 Å². The zero-order valence-corrected chi connectivity index (χ0v) is 25.8. The Bertz CT molecular complexity index is 1850. The van der Waals surface area contributed by atoms with Gasteiger partial charge in [0.25, 0.3) is 5.91 Å². The molecule has 1 aromatic heterocycles. The van der Waals surface area contributed by atoms with Crippen molar-refractivity contribution in [2.45, 2.75) is 50.6 Å². The molecule has 0 saturated carbocycles. The van der Waals surface area contributed by atoms with E-state index < -0.39 is 23.1 Å². The smallest absolute Gasteiger partial charge is 0.287 e. The summed E-state index contributed by atoms with van der Waals surface area (Å²) in [5.41, 5.74) is 2.28. The van der Waals surface area contributed by atoms with Gasteiger partial charge in [-0.25, -0.2) is 0 Å². The molecule has 0 radical (unpaired) electrons. The summed E-state index contributed by atoms with van der Waals surface area (Å²) in [7, 11) is 0. The Labute approximate surface area is 270 Å². The van der Waals surface area contributed by atoms with Crippen LogP contribution < -0.4 is 10.7 Å². The monoisotopic (exact) mass is 643 g/mol. The molecule has 2 fully saturated rings. The number of halogens is 1. The number of carbonyl (C=O) groups excluding carboxylic acids is 3. The number of likely N-dealkylation sites (tertiary alicyclic amines) is 2. The summed E-state index contributed by atoms with van der Waals surface area (Å²) in [6.07, 6.45) is 3.11. The molecule has 3 heterocycles. The van der Waals surface area contributed by atoms with Crippen LogP contribution in [0, 0.1) is 0 Å². The molecule has 0 spiro atoms. The highest BCUT2D eigenvalue weighted by Crippen LogP contribution is 2.32. The molecule has 3 amide bonds. The molecule has 11 heteroatoms. The molecule has 238 valence electrons. The maximum absolute atomic E-state index is 14.0. The van der Waals surface area contributed by atoms with Crippen LogP contribution in [0.1, 0.15) is 58.8 Å². The van der Waals surface area contributed by atoms with Gasteiger partial charge in [0.05, 0.1) is 0 Å². The molecule has 3 aromatic carbocycles. The van der Waals surface area contributed by atoms with Gasteiger partial charge in [-0.2, -0.15) is 0 Å². The standard InChI is InChI=1S/C35H34ClN3O7/c36-24-9-7-21(8-10-24)16-27(37-34(44)31-19-29(42)33-28(41)17-25(40)18-30(33)46-31)35(45)38-14-11-22(12-15-38)26-5-2-1-4-23(26)20-39-13-3-6-32(39)43/h1-2,4-5,7-10,17-19,22,27,40-41H,3,6,11-16,20H2,(H,37,44)/t27-/m1/s1. The second-order valence-corrected chi connectivity index (χ2v) is 12.3. The third kappa shape index (κ3) is 6.72. The Kier molecular flexibility index (Phi) is 8.99. The Morgan fingerprint density at radius 3 is 2.43 bits per heavy atom. The number of nitrogens with zero attached hydrogens (tertiary/aromatic N) is 2. The molecule has 0 bridgehead atoms. The first-order valence-corrected chi connectivity index (χ1v) is 15.7. The number of fused-ring (bicyclic) bond motifs is 1. The van der Waals surface area contributed by atoms with Crippen molar-refractivity contribution < 1.29 is 29.0 Å². The highest BCUT2D eigenvalue weighted by molar-refractivity contribution is 6.30. The predicted octanol–water partition coefficient (Wildman–Crippen LogP) is 4.73. The average molecular weight is 644 g/mol. The SMILES string of the molecule is O=C(N[C@H](Cc1ccc(Cl)cc1)C(=O)N1CCC(c2ccccc2CN2CCCC2=O)CC1)c1cc(=O)c2c(O)cc(O)cc2o1. The normalized spacial score (nSPS) is 16.2. The van der Waals surface area contributed by atoms with Gasteiger partial charge in [0.15, 0.2) is 11.2 Å². The van der Waals surface area contributed by atoms with Crippen molar-refractivity contribution in [1.29, 1.82) is 0 Å². The average Bonchev–Trinajstić information content (AvgIpc) is 3.44. The van der Waals surface area contributed by atoms with E-state index in [0.29, 0.717) is 31.1 Å². The minimum atomic E-state index is -0.975. The number of aromatic hydroxyl groups is 2. The third-order valence-corrected chi connectivity index (χ3v) is 9.06. The summed E-state index contributed by atoms with van der Waals surface area (Å²) in [4.78, 5) is 56.0. The number of phenolic OH excluding ortho intramolecular Hbond substituents is 2. The Hall–Kier alpha value is -4.83. The first-order valence-electron chi connectivity index (χ1n) is 15.4. The lowest BCUT2D eigenvalue weighted by Crippen LogP contribution is -2.51. The number of carbonyl (C=O) groups is 3. The fourth-order valence-corrected chi connectivity index (χ4v) is 6.56. The quantitative estimate of drug-likeness (QED) is 0.252. The van der Waals surface area contributed by atoms with Crippen molar-refractivity contribution >= 4 is 40.3 Å². The molecule has 10 nitrogen and oxygen atoms in total. The number of benzene rings is 3. The molecule has 2 aliphatic heterocycles. The Balaban J connectivity index is 1.19. The number of rotatable bonds is 8. The van der Waals surface area contributed by atoms with Crippen LogP contribution in [-0.2, 0) is 22.6 Å². The lowest BCUT2D eigenvalue weighted by Gasteiger charge is -2.35. The van der Waals surface area contributed by atoms with Crippen LogP contribution in [0.3, 0.4) is 0 Å². The van der Waals surface area contributed by atoms with E-state index in [4.69, 9.17) is 16.0 Å². The second-order valence-electron chi connectivity index (χ2n) is 11.9. The van der Waals surface area contributed by atoms with Crippen molar-refractivity contribution in [3.63, 3.8) is 0 Å². The summed E-state index contributed by atoms with van der Waals surface area (Å²) < 4.78 is 5.59. The third-order valence-electron chi connectivity index (χ3n) is 8.81. The number of amides is 3. The van der Waals surface area contributed by atoms with Gasteiger partial charge < -0.3 is 29.7 Å². The van der Waals surface area contributed by atoms with Gasteiger partial charge in [-0.3, -0.25) is 19.2 Å². The fourth-order valence-electron chi connectivity index (χ4n) is 6.44. The van der Waals surface area contributed by atoms with Crippen molar-refractivity contribution in [3.05, 3.63) is 104 Å². The molecule has 2 aliphatic rings. The van der Waals surface area contributed by atoms with Gasteiger partial charge >= 0.3 is 0 Å². The Morgan fingerprint density at radius 2 is 1.72 bits per heavy atom. The summed E-state index contributed by atoms with van der Waals surface area (Å²) >= 11 is 6.07. The molecule has 4 aromatic rings. The minimum absolute atomic E-state index is 0.160. The molecule has 1 atom stereocenters. The summed E-state index contributed by atoms with van der Waals surface area (Å²) in [5, 5.41) is 23.1. The predicted molar refractivity (Wildman–Crippen MR) is 172 cm³/mol. The van der Waals surface area contributed by atoms with E-state index in [2.05, 4.69) is 17.4 Å². The van der Waals surface area contributed by atoms with Crippen LogP contribution in [0.25, 0.3) is 11.0 Å². The first kappa shape index (κ1) is 31.2. The molecule has 2 saturated heterocycles. The molecule has 0 aliphatic carbocycles. The van der Waals surface area contributed by atoms with Crippen LogP contribution in [0.5, 0.6) is 11.5 Å². The van der Waals surface area contributed by atoms with Crippen molar-refractivity contribution in [3.8, 4) is 11.5 Å². The lowest BCUT2D eigenvalue weighted by molar-refractivity contribution is -0.134. The molecule has 3 N–H and O–H groups in total. The van der Waals surface area contributed by atoms with Gasteiger partial charge in [0.2, 0.25) is 11.8 Å². The number of hydrogen-bond donors (Lipinski definition) is 3. The van der Waals surface area contributed by atoms with E-state index in [9.17, 15) is 29.4 Å². The van der Waals surface area contributed by atoms with Crippen LogP contribution in [0.4, 0.5) is 0 Å². The maximum atomic E-state index is 14.0. The maximum Gasteiger partial charge on any atom is 0.287 e. The topological polar surface area (TPSA) is 140 Å². The fraction of sp³-hybridized carbons (Fsp3) is 0.314. The summed E-state index contributed by atoms with van der Waals surface area (Å²) in [6, 6.07) is 17.3. The van der Waals surface area contributed by atoms with Crippen LogP contribution in [0.15, 0.2) is 75.9 Å². The molecular weight excluding hydrogens is 610 g/mol. The first-order chi connectivity index (χ1) is 22.2. The van der Waals surface area contributed by atoms with Crippen molar-refractivity contribution in [1.82, 2.24) is 15.1 Å². The van der Waals surface area contributed by atoms with E-state index in [0.717, 1.165) is 55.1 Å². The largest absolute Gasteiger partial charge is 0.508 e. The zero-order chi connectivity index (χ0) is 32.4. The molecule has 0 unspecified atom stereocenters. The van der Waals surface area contributed by atoms with Gasteiger partial charge in [0, 0.05) is 62.2 Å². The number of nitrogens with one attached hydrogen (secondary N) is 1. The summed E-state index contributed by atoms with van der Waals surface area (Å²) in [6.45, 7) is 2.33. The number of phenols is 2. The Morgan fingerprint density at radius 1 is 0.978 bits per heavy atom. The number of hydrogen-bond acceptors (Lipinski definition) is 7. The minimum Gasteiger partial charge on any atom is -0.508 e. The lowest BCUT2D eigenvalue weighted by atomic mass is 9.86. The van der Waals surface area contributed by atoms with Gasteiger partial charge in [0.1, 0.15) is 28.5 Å². The number of piperidine rings is 1. The highest BCUT2D eigenvalue weighted by Gasteiger charge is 2.32. The van der Waals surface area contributed by atoms with Gasteiger partial charge in [-0.1, -0.05) is 48.0 Å². The van der Waals surface area contributed by atoms with Gasteiger partial charge in [-0.05, 0) is 54.0 Å². The van der Waals surface area contributed by atoms with Gasteiger partial charge in [-0.15, -0.1) is 0 Å². The second kappa shape index (κ2) is 13.3. The molecular formula is C35H34ClN3O7. The van der Waals surface area contributed by atoms with Crippen LogP contribution in [-0.4, -0.2) is 63.4 Å². The molecule has 46 heavy (non-hydrogen) atoms. The van der Waals surface area contributed by atoms with Crippen LogP contribution in [0.2, 0.25) is 5.02 Å². The van der Waals surface area contributed by atoms with Crippen molar-refractivity contribution in [2.75, 3.05) is 19.6 Å². The van der Waals surface area contributed by atoms with E-state index >= 15 is 0 Å². The van der Waals surface area contributed by atoms with Crippen molar-refractivity contribution in [2.24, 2.45) is 0 Å². The zero-order valence-electron chi connectivity index (χ0n) is 25.1. The van der Waals surface area contributed by atoms with Crippen LogP contribution >= 0.6 is 11.6 Å². The molecule has 6 rings (SSSR count). The van der Waals surface area contributed by atoms with E-state index in [1.54, 1.807) is 29.2 Å². The highest BCUT2D eigenvalue weighted by atomic mass is 35.5. The van der Waals surface area contributed by atoms with E-state index in [1.165, 1.54) is 5.56 Å². The summed E-state index contributed by atoms with van der Waals surface area (Å²) in [5.74, 6) is -1.81. The van der Waals surface area contributed by atoms with E-state index in [-0.39, 0.29) is 46.6 Å².